The van der Waals surface area contributed by atoms with Gasteiger partial charge in [-0.25, -0.2) is 0 Å². The van der Waals surface area contributed by atoms with E-state index in [9.17, 15) is 4.79 Å². The normalized spacial score (nSPS) is 17.1. The Morgan fingerprint density at radius 1 is 1.36 bits per heavy atom. The molecule has 0 saturated heterocycles. The fraction of sp³-hybridized carbons (Fsp3) is 0.357. The van der Waals surface area contributed by atoms with E-state index >= 15 is 0 Å². The van der Waals surface area contributed by atoms with Crippen LogP contribution in [0.4, 0.5) is 0 Å². The Bertz CT molecular complexity index is 688. The molecule has 1 aromatic heterocycles. The maximum atomic E-state index is 12.5. The lowest BCUT2D eigenvalue weighted by Crippen LogP contribution is -2.41. The third-order valence-corrected chi connectivity index (χ3v) is 4.10. The summed E-state index contributed by atoms with van der Waals surface area (Å²) in [5, 5.41) is 8.84. The van der Waals surface area contributed by atoms with Crippen LogP contribution in [0.15, 0.2) is 24.3 Å². The summed E-state index contributed by atoms with van der Waals surface area (Å²) in [5.74, 6) is 1.43. The van der Waals surface area contributed by atoms with Crippen LogP contribution in [-0.4, -0.2) is 25.6 Å². The van der Waals surface area contributed by atoms with Gasteiger partial charge < -0.3 is 10.6 Å². The topological polar surface area (TPSA) is 77.0 Å². The monoisotopic (exact) mass is 341 g/mol. The van der Waals surface area contributed by atoms with Crippen LogP contribution in [0.5, 0.6) is 0 Å². The maximum Gasteiger partial charge on any atom is 0.246 e. The van der Waals surface area contributed by atoms with Gasteiger partial charge in [-0.15, -0.1) is 22.6 Å². The van der Waals surface area contributed by atoms with Crippen LogP contribution in [-0.2, 0) is 24.4 Å². The molecule has 0 saturated carbocycles. The van der Waals surface area contributed by atoms with Crippen molar-refractivity contribution in [1.29, 1.82) is 0 Å². The molecule has 1 aliphatic rings. The van der Waals surface area contributed by atoms with Gasteiger partial charge in [-0.2, -0.15) is 0 Å². The summed E-state index contributed by atoms with van der Waals surface area (Å²) in [7, 11) is 0. The van der Waals surface area contributed by atoms with Gasteiger partial charge in [0.15, 0.2) is 5.82 Å². The number of aromatic nitrogens is 3. The highest BCUT2D eigenvalue weighted by atomic mass is 35.5. The molecule has 6 nitrogen and oxygen atoms in total. The van der Waals surface area contributed by atoms with Crippen molar-refractivity contribution < 1.29 is 4.79 Å². The van der Waals surface area contributed by atoms with Crippen molar-refractivity contribution in [3.05, 3.63) is 46.5 Å². The molecular formula is C14H17Cl2N5O. The number of nitrogens with zero attached hydrogens (tertiary/aromatic N) is 4. The number of carbonyl (C=O) groups excluding carboxylic acids is 1. The highest BCUT2D eigenvalue weighted by Crippen LogP contribution is 2.25. The molecule has 118 valence electrons. The van der Waals surface area contributed by atoms with Crippen molar-refractivity contribution in [3.8, 4) is 0 Å². The van der Waals surface area contributed by atoms with Gasteiger partial charge in [0, 0.05) is 11.6 Å². The highest BCUT2D eigenvalue weighted by molar-refractivity contribution is 6.31. The van der Waals surface area contributed by atoms with E-state index in [0.717, 1.165) is 11.4 Å². The van der Waals surface area contributed by atoms with E-state index in [1.807, 2.05) is 35.8 Å². The van der Waals surface area contributed by atoms with Crippen molar-refractivity contribution >= 4 is 29.9 Å². The number of fused-ring (bicyclic) bond motifs is 1. The van der Waals surface area contributed by atoms with Gasteiger partial charge in [0.05, 0.1) is 13.1 Å². The van der Waals surface area contributed by atoms with Crippen molar-refractivity contribution in [1.82, 2.24) is 19.7 Å². The number of benzene rings is 1. The molecule has 0 aliphatic carbocycles. The molecule has 2 aromatic rings. The molecule has 0 bridgehead atoms. The number of carbonyl (C=O) groups is 1. The summed E-state index contributed by atoms with van der Waals surface area (Å²) in [4.78, 5) is 14.3. The van der Waals surface area contributed by atoms with E-state index in [2.05, 4.69) is 10.2 Å². The lowest BCUT2D eigenvalue weighted by atomic mass is 10.1. The van der Waals surface area contributed by atoms with Gasteiger partial charge in [-0.1, -0.05) is 29.8 Å². The van der Waals surface area contributed by atoms with Crippen LogP contribution in [0, 0.1) is 0 Å². The Hall–Kier alpha value is -1.63. The molecule has 1 aromatic carbocycles. The summed E-state index contributed by atoms with van der Waals surface area (Å²) in [5.41, 5.74) is 6.56. The first kappa shape index (κ1) is 16.7. The number of nitrogens with two attached hydrogens (primary N) is 1. The molecular weight excluding hydrogens is 325 g/mol. The quantitative estimate of drug-likeness (QED) is 0.924. The van der Waals surface area contributed by atoms with Crippen LogP contribution in [0.2, 0.25) is 5.02 Å². The van der Waals surface area contributed by atoms with E-state index in [1.54, 1.807) is 4.90 Å². The Kier molecular flexibility index (Phi) is 5.05. The van der Waals surface area contributed by atoms with Crippen LogP contribution >= 0.6 is 24.0 Å². The van der Waals surface area contributed by atoms with Crippen LogP contribution in [0.25, 0.3) is 0 Å². The highest BCUT2D eigenvalue weighted by Gasteiger charge is 2.32. The van der Waals surface area contributed by atoms with Crippen LogP contribution < -0.4 is 5.73 Å². The molecule has 8 heteroatoms. The Balaban J connectivity index is 0.00000176. The molecule has 0 fully saturated rings. The van der Waals surface area contributed by atoms with Crippen molar-refractivity contribution in [2.75, 3.05) is 0 Å². The maximum absolute atomic E-state index is 12.5. The van der Waals surface area contributed by atoms with Gasteiger partial charge in [0.1, 0.15) is 11.9 Å². The van der Waals surface area contributed by atoms with E-state index in [4.69, 9.17) is 17.3 Å². The summed E-state index contributed by atoms with van der Waals surface area (Å²) in [6.07, 6.45) is 0. The molecule has 1 amide bonds. The minimum Gasteiger partial charge on any atom is -0.329 e. The average Bonchev–Trinajstić information content (AvgIpc) is 2.89. The van der Waals surface area contributed by atoms with Crippen molar-refractivity contribution in [2.24, 2.45) is 5.73 Å². The molecule has 3 rings (SSSR count). The number of amides is 1. The van der Waals surface area contributed by atoms with E-state index in [0.29, 0.717) is 23.9 Å². The number of hydrogen-bond donors (Lipinski definition) is 1. The van der Waals surface area contributed by atoms with Crippen LogP contribution in [0.3, 0.4) is 0 Å². The fourth-order valence-corrected chi connectivity index (χ4v) is 2.84. The first-order valence-electron chi connectivity index (χ1n) is 6.76. The van der Waals surface area contributed by atoms with Gasteiger partial charge >= 0.3 is 0 Å². The largest absolute Gasteiger partial charge is 0.329 e. The Morgan fingerprint density at radius 3 is 2.77 bits per heavy atom. The van der Waals surface area contributed by atoms with Crippen molar-refractivity contribution in [2.45, 2.75) is 32.6 Å². The molecule has 0 unspecified atom stereocenters. The second kappa shape index (κ2) is 6.64. The number of hydrogen-bond acceptors (Lipinski definition) is 4. The Morgan fingerprint density at radius 2 is 2.09 bits per heavy atom. The smallest absolute Gasteiger partial charge is 0.246 e. The van der Waals surface area contributed by atoms with E-state index in [-0.39, 0.29) is 30.9 Å². The first-order chi connectivity index (χ1) is 10.1. The first-order valence-corrected chi connectivity index (χ1v) is 7.14. The zero-order chi connectivity index (χ0) is 15.0. The summed E-state index contributed by atoms with van der Waals surface area (Å²) < 4.78 is 1.82. The fourth-order valence-electron chi connectivity index (χ4n) is 2.64. The molecule has 22 heavy (non-hydrogen) atoms. The zero-order valence-corrected chi connectivity index (χ0v) is 13.6. The van der Waals surface area contributed by atoms with Crippen LogP contribution in [0.1, 0.15) is 30.2 Å². The molecule has 0 spiro atoms. The number of rotatable bonds is 3. The van der Waals surface area contributed by atoms with Gasteiger partial charge in [-0.3, -0.25) is 9.36 Å². The zero-order valence-electron chi connectivity index (χ0n) is 12.1. The second-order valence-corrected chi connectivity index (χ2v) is 5.48. The van der Waals surface area contributed by atoms with Gasteiger partial charge in [0.25, 0.3) is 0 Å². The summed E-state index contributed by atoms with van der Waals surface area (Å²) in [6, 6.07) is 7.18. The van der Waals surface area contributed by atoms with E-state index in [1.165, 1.54) is 0 Å². The summed E-state index contributed by atoms with van der Waals surface area (Å²) >= 11 is 6.17. The third-order valence-electron chi connectivity index (χ3n) is 3.73. The molecule has 1 atom stereocenters. The minimum absolute atomic E-state index is 0. The number of halogens is 2. The molecule has 2 N–H and O–H groups in total. The SMILES string of the molecule is C[C@H]1C(=O)N(Cc2ccccc2Cl)Cc2nnc(CN)n21.Cl. The third kappa shape index (κ3) is 2.82. The lowest BCUT2D eigenvalue weighted by molar-refractivity contribution is -0.137. The predicted molar refractivity (Wildman–Crippen MR) is 85.6 cm³/mol. The van der Waals surface area contributed by atoms with Crippen molar-refractivity contribution in [3.63, 3.8) is 0 Å². The molecule has 1 aliphatic heterocycles. The molecule has 0 radical (unpaired) electrons. The van der Waals surface area contributed by atoms with Gasteiger partial charge in [-0.05, 0) is 18.6 Å². The minimum atomic E-state index is -0.343. The predicted octanol–water partition coefficient (Wildman–Crippen LogP) is 1.92. The Labute approximate surface area is 139 Å². The molecule has 2 heterocycles. The average molecular weight is 342 g/mol. The standard InChI is InChI=1S/C14H16ClN5O.ClH/c1-9-14(21)19(7-10-4-2-3-5-11(10)15)8-13-18-17-12(6-16)20(9)13;/h2-5,9H,6-8,16H2,1H3;1H/t9-;/m0./s1. The second-order valence-electron chi connectivity index (χ2n) is 5.07. The lowest BCUT2D eigenvalue weighted by Gasteiger charge is -2.32. The van der Waals surface area contributed by atoms with E-state index < -0.39 is 0 Å². The van der Waals surface area contributed by atoms with Gasteiger partial charge in [0.2, 0.25) is 5.91 Å². The summed E-state index contributed by atoms with van der Waals surface area (Å²) in [6.45, 7) is 3.00.